The molecule has 174 valence electrons. The number of aromatic nitrogens is 2. The fraction of sp³-hybridized carbons (Fsp3) is 0.400. The Morgan fingerprint density at radius 1 is 1.12 bits per heavy atom. The zero-order valence-corrected chi connectivity index (χ0v) is 20.0. The lowest BCUT2D eigenvalue weighted by atomic mass is 9.95. The van der Waals surface area contributed by atoms with Crippen molar-refractivity contribution in [2.75, 3.05) is 29.9 Å². The maximum absolute atomic E-state index is 12.7. The minimum absolute atomic E-state index is 0.00691. The first-order valence-corrected chi connectivity index (χ1v) is 12.4. The van der Waals surface area contributed by atoms with Crippen LogP contribution in [-0.4, -0.2) is 41.2 Å². The van der Waals surface area contributed by atoms with Crippen LogP contribution in [0.15, 0.2) is 47.8 Å². The standard InChI is InChI=1S/C25H31N5O2S/c1-3-22(31)27-23-18(2)28-30(20-8-5-4-6-9-20)25(23)29-15-12-19(13-16-29)24(32)26-14-11-21-10-7-17-33-21/h4-10,17,19H,3,11-16H2,1-2H3,(H,26,32)(H,27,31). The van der Waals surface area contributed by atoms with Crippen molar-refractivity contribution in [1.29, 1.82) is 0 Å². The fourth-order valence-electron chi connectivity index (χ4n) is 4.19. The third-order valence-electron chi connectivity index (χ3n) is 6.04. The van der Waals surface area contributed by atoms with Gasteiger partial charge in [0, 0.05) is 36.9 Å². The van der Waals surface area contributed by atoms with Crippen LogP contribution in [0.1, 0.15) is 36.8 Å². The van der Waals surface area contributed by atoms with Gasteiger partial charge in [0.15, 0.2) is 5.82 Å². The molecule has 8 heteroatoms. The van der Waals surface area contributed by atoms with Crippen molar-refractivity contribution in [3.05, 3.63) is 58.4 Å². The maximum atomic E-state index is 12.7. The molecule has 33 heavy (non-hydrogen) atoms. The topological polar surface area (TPSA) is 79.3 Å². The molecule has 7 nitrogen and oxygen atoms in total. The number of hydrogen-bond acceptors (Lipinski definition) is 5. The molecule has 1 saturated heterocycles. The Morgan fingerprint density at radius 2 is 1.88 bits per heavy atom. The summed E-state index contributed by atoms with van der Waals surface area (Å²) in [5, 5.41) is 13.0. The number of rotatable bonds is 8. The molecule has 2 N–H and O–H groups in total. The van der Waals surface area contributed by atoms with Gasteiger partial charge >= 0.3 is 0 Å². The predicted octanol–water partition coefficient (Wildman–Crippen LogP) is 4.17. The molecule has 1 aromatic carbocycles. The number of amides is 2. The molecule has 0 atom stereocenters. The molecule has 2 amide bonds. The van der Waals surface area contributed by atoms with Gasteiger partial charge in [0.25, 0.3) is 0 Å². The Labute approximate surface area is 198 Å². The van der Waals surface area contributed by atoms with E-state index in [4.69, 9.17) is 5.10 Å². The van der Waals surface area contributed by atoms with E-state index >= 15 is 0 Å². The molecule has 0 radical (unpaired) electrons. The van der Waals surface area contributed by atoms with E-state index in [2.05, 4.69) is 27.0 Å². The molecule has 0 saturated carbocycles. The van der Waals surface area contributed by atoms with E-state index < -0.39 is 0 Å². The van der Waals surface area contributed by atoms with Crippen molar-refractivity contribution in [3.63, 3.8) is 0 Å². The summed E-state index contributed by atoms with van der Waals surface area (Å²) in [5.41, 5.74) is 2.48. The summed E-state index contributed by atoms with van der Waals surface area (Å²) in [6.45, 7) is 5.90. The lowest BCUT2D eigenvalue weighted by molar-refractivity contribution is -0.125. The van der Waals surface area contributed by atoms with E-state index in [-0.39, 0.29) is 17.7 Å². The molecule has 0 bridgehead atoms. The Morgan fingerprint density at radius 3 is 2.55 bits per heavy atom. The molecule has 3 heterocycles. The van der Waals surface area contributed by atoms with Gasteiger partial charge in [0.2, 0.25) is 11.8 Å². The summed E-state index contributed by atoms with van der Waals surface area (Å²) >= 11 is 1.72. The van der Waals surface area contributed by atoms with Gasteiger partial charge in [-0.25, -0.2) is 4.68 Å². The first kappa shape index (κ1) is 23.0. The number of benzene rings is 1. The van der Waals surface area contributed by atoms with Gasteiger partial charge in [-0.3, -0.25) is 9.59 Å². The fourth-order valence-corrected chi connectivity index (χ4v) is 4.90. The summed E-state index contributed by atoms with van der Waals surface area (Å²) in [5.74, 6) is 0.995. The summed E-state index contributed by atoms with van der Waals surface area (Å²) in [6, 6.07) is 14.1. The summed E-state index contributed by atoms with van der Waals surface area (Å²) in [6.07, 6.45) is 2.82. The first-order valence-electron chi connectivity index (χ1n) is 11.6. The average molecular weight is 466 g/mol. The number of carbonyl (C=O) groups is 2. The van der Waals surface area contributed by atoms with Gasteiger partial charge in [0.1, 0.15) is 5.69 Å². The molecule has 0 spiro atoms. The van der Waals surface area contributed by atoms with Gasteiger partial charge < -0.3 is 15.5 Å². The van der Waals surface area contributed by atoms with Crippen LogP contribution < -0.4 is 15.5 Å². The van der Waals surface area contributed by atoms with Crippen molar-refractivity contribution in [2.45, 2.75) is 39.5 Å². The van der Waals surface area contributed by atoms with Gasteiger partial charge in [-0.05, 0) is 49.8 Å². The predicted molar refractivity (Wildman–Crippen MR) is 133 cm³/mol. The largest absolute Gasteiger partial charge is 0.355 e. The van der Waals surface area contributed by atoms with Crippen molar-refractivity contribution >= 4 is 34.7 Å². The summed E-state index contributed by atoms with van der Waals surface area (Å²) in [7, 11) is 0. The number of para-hydroxylation sites is 1. The lowest BCUT2D eigenvalue weighted by Gasteiger charge is -2.33. The molecular weight excluding hydrogens is 434 g/mol. The third-order valence-corrected chi connectivity index (χ3v) is 6.97. The first-order chi connectivity index (χ1) is 16.1. The highest BCUT2D eigenvalue weighted by atomic mass is 32.1. The molecule has 1 aliphatic rings. The second-order valence-electron chi connectivity index (χ2n) is 8.31. The quantitative estimate of drug-likeness (QED) is 0.523. The van der Waals surface area contributed by atoms with E-state index in [1.54, 1.807) is 11.3 Å². The Bertz CT molecular complexity index is 1070. The van der Waals surface area contributed by atoms with E-state index in [0.29, 0.717) is 13.0 Å². The van der Waals surface area contributed by atoms with Gasteiger partial charge in [-0.2, -0.15) is 5.10 Å². The summed E-state index contributed by atoms with van der Waals surface area (Å²) < 4.78 is 1.90. The number of piperidine rings is 1. The molecule has 1 aliphatic heterocycles. The molecule has 0 aliphatic carbocycles. The van der Waals surface area contributed by atoms with Crippen molar-refractivity contribution in [3.8, 4) is 5.69 Å². The van der Waals surface area contributed by atoms with Crippen LogP contribution >= 0.6 is 11.3 Å². The van der Waals surface area contributed by atoms with Crippen molar-refractivity contribution in [1.82, 2.24) is 15.1 Å². The number of hydrogen-bond donors (Lipinski definition) is 2. The van der Waals surface area contributed by atoms with Crippen LogP contribution in [0.5, 0.6) is 0 Å². The normalized spacial score (nSPS) is 14.3. The second-order valence-corrected chi connectivity index (χ2v) is 9.35. The average Bonchev–Trinajstić information content (AvgIpc) is 3.48. The number of anilines is 2. The van der Waals surface area contributed by atoms with Crippen molar-refractivity contribution < 1.29 is 9.59 Å². The van der Waals surface area contributed by atoms with Crippen molar-refractivity contribution in [2.24, 2.45) is 5.92 Å². The van der Waals surface area contributed by atoms with Crippen LogP contribution in [0.4, 0.5) is 11.5 Å². The van der Waals surface area contributed by atoms with Crippen LogP contribution in [0.3, 0.4) is 0 Å². The molecule has 2 aromatic heterocycles. The minimum atomic E-state index is -0.0352. The summed E-state index contributed by atoms with van der Waals surface area (Å²) in [4.78, 5) is 28.5. The van der Waals surface area contributed by atoms with Crippen LogP contribution in [0.25, 0.3) is 5.69 Å². The minimum Gasteiger partial charge on any atom is -0.355 e. The maximum Gasteiger partial charge on any atom is 0.224 e. The lowest BCUT2D eigenvalue weighted by Crippen LogP contribution is -2.41. The van der Waals surface area contributed by atoms with Gasteiger partial charge in [0.05, 0.1) is 11.4 Å². The molecular formula is C25H31N5O2S. The monoisotopic (exact) mass is 465 g/mol. The number of carbonyl (C=O) groups excluding carboxylic acids is 2. The second kappa shape index (κ2) is 10.7. The van der Waals surface area contributed by atoms with Crippen LogP contribution in [0.2, 0.25) is 0 Å². The van der Waals surface area contributed by atoms with E-state index in [1.165, 1.54) is 4.88 Å². The number of nitrogens with zero attached hydrogens (tertiary/aromatic N) is 3. The molecule has 3 aromatic rings. The zero-order valence-electron chi connectivity index (χ0n) is 19.2. The smallest absolute Gasteiger partial charge is 0.224 e. The van der Waals surface area contributed by atoms with E-state index in [1.807, 2.05) is 54.9 Å². The molecule has 1 fully saturated rings. The van der Waals surface area contributed by atoms with Gasteiger partial charge in [-0.1, -0.05) is 31.2 Å². The van der Waals surface area contributed by atoms with Crippen LogP contribution in [-0.2, 0) is 16.0 Å². The molecule has 4 rings (SSSR count). The molecule has 0 unspecified atom stereocenters. The van der Waals surface area contributed by atoms with Crippen LogP contribution in [0, 0.1) is 12.8 Å². The SMILES string of the molecule is CCC(=O)Nc1c(C)nn(-c2ccccc2)c1N1CCC(C(=O)NCCc2cccs2)CC1. The highest BCUT2D eigenvalue weighted by Crippen LogP contribution is 2.35. The highest BCUT2D eigenvalue weighted by molar-refractivity contribution is 7.09. The number of aryl methyl sites for hydroxylation is 1. The Balaban J connectivity index is 1.46. The van der Waals surface area contributed by atoms with Gasteiger partial charge in [-0.15, -0.1) is 11.3 Å². The third kappa shape index (κ3) is 5.45. The van der Waals surface area contributed by atoms with E-state index in [9.17, 15) is 9.59 Å². The highest BCUT2D eigenvalue weighted by Gasteiger charge is 2.29. The Hall–Kier alpha value is -3.13. The number of nitrogens with one attached hydrogen (secondary N) is 2. The Kier molecular flexibility index (Phi) is 7.44. The number of thiophene rings is 1. The zero-order chi connectivity index (χ0) is 23.2. The van der Waals surface area contributed by atoms with E-state index in [0.717, 1.165) is 55.2 Å².